The molecule has 150 valence electrons. The molecule has 3 fully saturated rings. The Morgan fingerprint density at radius 1 is 1.07 bits per heavy atom. The summed E-state index contributed by atoms with van der Waals surface area (Å²) >= 11 is 0. The molecule has 27 heavy (non-hydrogen) atoms. The van der Waals surface area contributed by atoms with E-state index in [4.69, 9.17) is 9.41 Å². The molecule has 0 amide bonds. The van der Waals surface area contributed by atoms with Gasteiger partial charge in [-0.25, -0.2) is 0 Å². The van der Waals surface area contributed by atoms with Gasteiger partial charge in [-0.05, 0) is 63.2 Å². The summed E-state index contributed by atoms with van der Waals surface area (Å²) in [4.78, 5) is 10.2. The van der Waals surface area contributed by atoms with E-state index in [1.165, 1.54) is 71.0 Å². The Hall–Kier alpha value is -1.49. The lowest BCUT2D eigenvalue weighted by atomic mass is 10.1. The highest BCUT2D eigenvalue weighted by atomic mass is 16.3. The van der Waals surface area contributed by atoms with Gasteiger partial charge in [-0.3, -0.25) is 4.99 Å². The molecule has 2 aliphatic heterocycles. The van der Waals surface area contributed by atoms with Crippen molar-refractivity contribution in [3.8, 4) is 0 Å². The zero-order valence-corrected chi connectivity index (χ0v) is 16.7. The molecule has 1 saturated carbocycles. The number of rotatable bonds is 6. The fraction of sp³-hybridized carbons (Fsp3) is 0.773. The third-order valence-corrected chi connectivity index (χ3v) is 6.44. The van der Waals surface area contributed by atoms with E-state index in [9.17, 15) is 0 Å². The maximum absolute atomic E-state index is 5.47. The Morgan fingerprint density at radius 3 is 2.70 bits per heavy atom. The fourth-order valence-electron chi connectivity index (χ4n) is 4.90. The van der Waals surface area contributed by atoms with Crippen molar-refractivity contribution in [2.75, 3.05) is 39.3 Å². The maximum atomic E-state index is 5.47. The molecule has 1 aromatic rings. The van der Waals surface area contributed by atoms with Gasteiger partial charge in [0.05, 0.1) is 6.26 Å². The van der Waals surface area contributed by atoms with Gasteiger partial charge in [0.25, 0.3) is 0 Å². The van der Waals surface area contributed by atoms with Crippen molar-refractivity contribution in [3.05, 3.63) is 24.2 Å². The number of guanidine groups is 1. The Labute approximate surface area is 164 Å². The summed E-state index contributed by atoms with van der Waals surface area (Å²) in [6, 6.07) is 4.63. The second-order valence-electron chi connectivity index (χ2n) is 8.62. The highest BCUT2D eigenvalue weighted by Gasteiger charge is 2.28. The summed E-state index contributed by atoms with van der Waals surface area (Å²) in [6.45, 7) is 7.00. The van der Waals surface area contributed by atoms with Gasteiger partial charge < -0.3 is 19.5 Å². The fourth-order valence-corrected chi connectivity index (χ4v) is 4.90. The SMILES string of the molecule is c1coc(CCN=C(NC2CCCC2)N2CCC(CN3CCCCC3)C2)c1. The minimum absolute atomic E-state index is 0.619. The molecule has 0 bridgehead atoms. The maximum Gasteiger partial charge on any atom is 0.194 e. The van der Waals surface area contributed by atoms with Crippen molar-refractivity contribution in [1.82, 2.24) is 15.1 Å². The van der Waals surface area contributed by atoms with Crippen molar-refractivity contribution >= 4 is 5.96 Å². The van der Waals surface area contributed by atoms with Crippen LogP contribution >= 0.6 is 0 Å². The number of furan rings is 1. The minimum atomic E-state index is 0.619. The first-order valence-electron chi connectivity index (χ1n) is 11.2. The third-order valence-electron chi connectivity index (χ3n) is 6.44. The van der Waals surface area contributed by atoms with Crippen LogP contribution in [0, 0.1) is 5.92 Å². The first kappa shape index (κ1) is 18.9. The monoisotopic (exact) mass is 372 g/mol. The zero-order valence-electron chi connectivity index (χ0n) is 16.7. The highest BCUT2D eigenvalue weighted by Crippen LogP contribution is 2.22. The number of aliphatic imine (C=N–C) groups is 1. The van der Waals surface area contributed by atoms with Gasteiger partial charge in [-0.1, -0.05) is 19.3 Å². The number of likely N-dealkylation sites (tertiary alicyclic amines) is 2. The van der Waals surface area contributed by atoms with Crippen molar-refractivity contribution in [3.63, 3.8) is 0 Å². The van der Waals surface area contributed by atoms with E-state index in [2.05, 4.69) is 15.1 Å². The molecule has 1 unspecified atom stereocenters. The quantitative estimate of drug-likeness (QED) is 0.613. The van der Waals surface area contributed by atoms with E-state index in [-0.39, 0.29) is 0 Å². The molecule has 3 aliphatic rings. The molecule has 0 spiro atoms. The summed E-state index contributed by atoms with van der Waals surface area (Å²) in [7, 11) is 0. The smallest absolute Gasteiger partial charge is 0.194 e. The van der Waals surface area contributed by atoms with E-state index in [0.717, 1.165) is 43.7 Å². The molecule has 1 atom stereocenters. The van der Waals surface area contributed by atoms with E-state index in [1.54, 1.807) is 6.26 Å². The van der Waals surface area contributed by atoms with Crippen molar-refractivity contribution in [2.24, 2.45) is 10.9 Å². The van der Waals surface area contributed by atoms with Gasteiger partial charge in [-0.15, -0.1) is 0 Å². The summed E-state index contributed by atoms with van der Waals surface area (Å²) in [6.07, 6.45) is 13.4. The predicted octanol–water partition coefficient (Wildman–Crippen LogP) is 3.52. The molecular weight excluding hydrogens is 336 g/mol. The molecule has 1 aromatic heterocycles. The number of hydrogen-bond acceptors (Lipinski definition) is 3. The summed E-state index contributed by atoms with van der Waals surface area (Å²) in [5.74, 6) is 2.97. The van der Waals surface area contributed by atoms with Crippen LogP contribution < -0.4 is 5.32 Å². The first-order chi connectivity index (χ1) is 13.4. The van der Waals surface area contributed by atoms with Crippen LogP contribution in [0.5, 0.6) is 0 Å². The first-order valence-corrected chi connectivity index (χ1v) is 11.2. The molecule has 5 heteroatoms. The van der Waals surface area contributed by atoms with Gasteiger partial charge >= 0.3 is 0 Å². The molecule has 0 radical (unpaired) electrons. The number of nitrogens with zero attached hydrogens (tertiary/aromatic N) is 3. The Kier molecular flexibility index (Phi) is 6.72. The summed E-state index contributed by atoms with van der Waals surface area (Å²) in [5, 5.41) is 3.79. The Bertz CT molecular complexity index is 573. The summed E-state index contributed by atoms with van der Waals surface area (Å²) in [5.41, 5.74) is 0. The van der Waals surface area contributed by atoms with Crippen LogP contribution in [0.25, 0.3) is 0 Å². The topological polar surface area (TPSA) is 44.0 Å². The van der Waals surface area contributed by atoms with E-state index < -0.39 is 0 Å². The van der Waals surface area contributed by atoms with Crippen molar-refractivity contribution in [1.29, 1.82) is 0 Å². The molecule has 3 heterocycles. The summed E-state index contributed by atoms with van der Waals surface area (Å²) < 4.78 is 5.47. The molecule has 1 N–H and O–H groups in total. The van der Waals surface area contributed by atoms with Gasteiger partial charge in [0.15, 0.2) is 5.96 Å². The van der Waals surface area contributed by atoms with E-state index >= 15 is 0 Å². The predicted molar refractivity (Wildman–Crippen MR) is 110 cm³/mol. The van der Waals surface area contributed by atoms with Crippen LogP contribution in [0.4, 0.5) is 0 Å². The average molecular weight is 373 g/mol. The Morgan fingerprint density at radius 2 is 1.93 bits per heavy atom. The second-order valence-corrected chi connectivity index (χ2v) is 8.62. The largest absolute Gasteiger partial charge is 0.469 e. The second kappa shape index (κ2) is 9.63. The highest BCUT2D eigenvalue weighted by molar-refractivity contribution is 5.80. The van der Waals surface area contributed by atoms with Crippen LogP contribution in [0.15, 0.2) is 27.8 Å². The van der Waals surface area contributed by atoms with Crippen molar-refractivity contribution < 1.29 is 4.42 Å². The minimum Gasteiger partial charge on any atom is -0.469 e. The Balaban J connectivity index is 1.32. The van der Waals surface area contributed by atoms with Gasteiger partial charge in [0.2, 0.25) is 0 Å². The van der Waals surface area contributed by atoms with Crippen LogP contribution in [0.3, 0.4) is 0 Å². The van der Waals surface area contributed by atoms with Crippen LogP contribution in [-0.2, 0) is 6.42 Å². The van der Waals surface area contributed by atoms with E-state index in [1.807, 2.05) is 12.1 Å². The normalized spacial score (nSPS) is 25.4. The van der Waals surface area contributed by atoms with Gasteiger partial charge in [0, 0.05) is 38.6 Å². The molecule has 5 nitrogen and oxygen atoms in total. The molecular formula is C22H36N4O. The van der Waals surface area contributed by atoms with Gasteiger partial charge in [-0.2, -0.15) is 0 Å². The van der Waals surface area contributed by atoms with Crippen LogP contribution in [0.2, 0.25) is 0 Å². The molecule has 1 aliphatic carbocycles. The van der Waals surface area contributed by atoms with E-state index in [0.29, 0.717) is 6.04 Å². The molecule has 0 aromatic carbocycles. The third kappa shape index (κ3) is 5.50. The lowest BCUT2D eigenvalue weighted by Crippen LogP contribution is -2.45. The molecule has 2 saturated heterocycles. The lowest BCUT2D eigenvalue weighted by molar-refractivity contribution is 0.198. The standard InChI is InChI=1S/C22H36N4O/c1-4-13-25(14-5-1)17-19-11-15-26(18-19)22(24-20-7-2-3-8-20)23-12-10-21-9-6-16-27-21/h6,9,16,19-20H,1-5,7-8,10-15,17-18H2,(H,23,24). The van der Waals surface area contributed by atoms with Gasteiger partial charge in [0.1, 0.15) is 5.76 Å². The lowest BCUT2D eigenvalue weighted by Gasteiger charge is -2.29. The zero-order chi connectivity index (χ0) is 18.3. The molecule has 4 rings (SSSR count). The number of piperidine rings is 1. The van der Waals surface area contributed by atoms with Crippen LogP contribution in [0.1, 0.15) is 57.1 Å². The van der Waals surface area contributed by atoms with Crippen molar-refractivity contribution in [2.45, 2.75) is 63.8 Å². The number of nitrogens with one attached hydrogen (secondary N) is 1. The number of hydrogen-bond donors (Lipinski definition) is 1. The van der Waals surface area contributed by atoms with Crippen LogP contribution in [-0.4, -0.2) is 61.1 Å². The average Bonchev–Trinajstić information content (AvgIpc) is 3.45.